The van der Waals surface area contributed by atoms with E-state index in [1.807, 2.05) is 0 Å². The van der Waals surface area contributed by atoms with Gasteiger partial charge in [0.2, 0.25) is 0 Å². The minimum absolute atomic E-state index is 0.150. The standard InChI is InChI=1S/C10H19N3O2S/c1-10(2,3)16(14,15)7-6-11-8-9-12-4-5-13-9/h4-5,11H,6-8H2,1-3H3,(H,12,13). The maximum atomic E-state index is 11.7. The molecule has 0 spiro atoms. The monoisotopic (exact) mass is 245 g/mol. The first-order valence-electron chi connectivity index (χ1n) is 5.24. The number of nitrogens with one attached hydrogen (secondary N) is 2. The second-order valence-corrected chi connectivity index (χ2v) is 7.51. The smallest absolute Gasteiger partial charge is 0.156 e. The first-order chi connectivity index (χ1) is 7.33. The van der Waals surface area contributed by atoms with Crippen LogP contribution in [-0.2, 0) is 16.4 Å². The molecule has 1 aromatic rings. The fourth-order valence-electron chi connectivity index (χ4n) is 1.11. The zero-order valence-electron chi connectivity index (χ0n) is 9.95. The Bertz CT molecular complexity index is 404. The van der Waals surface area contributed by atoms with Crippen LogP contribution >= 0.6 is 0 Å². The van der Waals surface area contributed by atoms with Gasteiger partial charge in [0, 0.05) is 18.9 Å². The lowest BCUT2D eigenvalue weighted by Crippen LogP contribution is -2.34. The quantitative estimate of drug-likeness (QED) is 0.749. The van der Waals surface area contributed by atoms with Crippen LogP contribution in [0.3, 0.4) is 0 Å². The van der Waals surface area contributed by atoms with Crippen molar-refractivity contribution in [3.8, 4) is 0 Å². The first kappa shape index (κ1) is 13.2. The molecule has 0 bridgehead atoms. The van der Waals surface area contributed by atoms with Gasteiger partial charge in [-0.15, -0.1) is 0 Å². The molecule has 5 nitrogen and oxygen atoms in total. The van der Waals surface area contributed by atoms with E-state index in [-0.39, 0.29) is 5.75 Å². The van der Waals surface area contributed by atoms with Crippen LogP contribution in [0.1, 0.15) is 26.6 Å². The highest BCUT2D eigenvalue weighted by Crippen LogP contribution is 2.15. The summed E-state index contributed by atoms with van der Waals surface area (Å²) in [5, 5.41) is 3.04. The van der Waals surface area contributed by atoms with Crippen LogP contribution in [0.2, 0.25) is 0 Å². The summed E-state index contributed by atoms with van der Waals surface area (Å²) >= 11 is 0. The lowest BCUT2D eigenvalue weighted by Gasteiger charge is -2.18. The summed E-state index contributed by atoms with van der Waals surface area (Å²) in [6.07, 6.45) is 3.41. The zero-order valence-corrected chi connectivity index (χ0v) is 10.8. The molecule has 0 aromatic carbocycles. The van der Waals surface area contributed by atoms with Gasteiger partial charge in [-0.05, 0) is 20.8 Å². The van der Waals surface area contributed by atoms with E-state index in [4.69, 9.17) is 0 Å². The van der Waals surface area contributed by atoms with E-state index in [9.17, 15) is 8.42 Å². The van der Waals surface area contributed by atoms with E-state index in [1.54, 1.807) is 33.2 Å². The van der Waals surface area contributed by atoms with Crippen molar-refractivity contribution >= 4 is 9.84 Å². The highest BCUT2D eigenvalue weighted by atomic mass is 32.2. The molecule has 1 heterocycles. The molecule has 0 unspecified atom stereocenters. The van der Waals surface area contributed by atoms with E-state index in [0.29, 0.717) is 13.1 Å². The fourth-order valence-corrected chi connectivity index (χ4v) is 2.14. The van der Waals surface area contributed by atoms with Gasteiger partial charge in [0.25, 0.3) is 0 Å². The van der Waals surface area contributed by atoms with E-state index >= 15 is 0 Å². The fraction of sp³-hybridized carbons (Fsp3) is 0.700. The molecule has 0 atom stereocenters. The third-order valence-corrected chi connectivity index (χ3v) is 4.94. The molecule has 0 amide bonds. The summed E-state index contributed by atoms with van der Waals surface area (Å²) in [5.41, 5.74) is 0. The summed E-state index contributed by atoms with van der Waals surface area (Å²) in [4.78, 5) is 6.97. The van der Waals surface area contributed by atoms with E-state index < -0.39 is 14.6 Å². The van der Waals surface area contributed by atoms with Gasteiger partial charge in [-0.3, -0.25) is 0 Å². The maximum absolute atomic E-state index is 11.7. The molecule has 0 fully saturated rings. The largest absolute Gasteiger partial charge is 0.348 e. The minimum Gasteiger partial charge on any atom is -0.348 e. The molecule has 0 saturated carbocycles. The molecular weight excluding hydrogens is 226 g/mol. The van der Waals surface area contributed by atoms with Crippen molar-refractivity contribution in [1.29, 1.82) is 0 Å². The lowest BCUT2D eigenvalue weighted by atomic mass is 10.3. The lowest BCUT2D eigenvalue weighted by molar-refractivity contribution is 0.555. The van der Waals surface area contributed by atoms with Crippen molar-refractivity contribution in [3.05, 3.63) is 18.2 Å². The number of nitrogens with zero attached hydrogens (tertiary/aromatic N) is 1. The number of sulfone groups is 1. The number of aromatic amines is 1. The van der Waals surface area contributed by atoms with Crippen LogP contribution in [0.15, 0.2) is 12.4 Å². The van der Waals surface area contributed by atoms with E-state index in [2.05, 4.69) is 15.3 Å². The Morgan fingerprint density at radius 1 is 1.44 bits per heavy atom. The van der Waals surface area contributed by atoms with Gasteiger partial charge in [0.05, 0.1) is 17.0 Å². The van der Waals surface area contributed by atoms with Gasteiger partial charge in [-0.25, -0.2) is 13.4 Å². The van der Waals surface area contributed by atoms with Gasteiger partial charge < -0.3 is 10.3 Å². The Kier molecular flexibility index (Phi) is 4.09. The summed E-state index contributed by atoms with van der Waals surface area (Å²) in [6, 6.07) is 0. The molecular formula is C10H19N3O2S. The predicted octanol–water partition coefficient (Wildman–Crippen LogP) is 0.713. The van der Waals surface area contributed by atoms with Crippen LogP contribution in [0, 0.1) is 0 Å². The van der Waals surface area contributed by atoms with Gasteiger partial charge in [0.15, 0.2) is 9.84 Å². The highest BCUT2D eigenvalue weighted by Gasteiger charge is 2.27. The topological polar surface area (TPSA) is 74.8 Å². The Morgan fingerprint density at radius 2 is 2.12 bits per heavy atom. The van der Waals surface area contributed by atoms with Crippen LogP contribution in [0.25, 0.3) is 0 Å². The average Bonchev–Trinajstić information content (AvgIpc) is 2.63. The molecule has 16 heavy (non-hydrogen) atoms. The molecule has 0 aliphatic carbocycles. The summed E-state index contributed by atoms with van der Waals surface area (Å²) in [5.74, 6) is 0.963. The SMILES string of the molecule is CC(C)(C)S(=O)(=O)CCNCc1ncc[nH]1. The van der Waals surface area contributed by atoms with Crippen molar-refractivity contribution in [2.24, 2.45) is 0 Å². The molecule has 0 aliphatic rings. The van der Waals surface area contributed by atoms with Crippen molar-refractivity contribution in [1.82, 2.24) is 15.3 Å². The van der Waals surface area contributed by atoms with Crippen molar-refractivity contribution in [2.75, 3.05) is 12.3 Å². The van der Waals surface area contributed by atoms with Crippen LogP contribution < -0.4 is 5.32 Å². The van der Waals surface area contributed by atoms with Gasteiger partial charge in [0.1, 0.15) is 5.82 Å². The number of aromatic nitrogens is 2. The second kappa shape index (κ2) is 4.97. The van der Waals surface area contributed by atoms with E-state index in [0.717, 1.165) is 5.82 Å². The highest BCUT2D eigenvalue weighted by molar-refractivity contribution is 7.92. The van der Waals surface area contributed by atoms with Crippen LogP contribution in [0.4, 0.5) is 0 Å². The number of rotatable bonds is 5. The van der Waals surface area contributed by atoms with Crippen LogP contribution in [-0.4, -0.2) is 35.4 Å². The average molecular weight is 245 g/mol. The van der Waals surface area contributed by atoms with Gasteiger partial charge >= 0.3 is 0 Å². The Hall–Kier alpha value is -0.880. The zero-order chi connectivity index (χ0) is 12.2. The predicted molar refractivity (Wildman–Crippen MR) is 63.8 cm³/mol. The number of imidazole rings is 1. The molecule has 92 valence electrons. The Morgan fingerprint density at radius 3 is 2.62 bits per heavy atom. The Balaban J connectivity index is 2.31. The summed E-state index contributed by atoms with van der Waals surface area (Å²) < 4.78 is 22.8. The summed E-state index contributed by atoms with van der Waals surface area (Å²) in [7, 11) is -3.03. The third-order valence-electron chi connectivity index (χ3n) is 2.33. The van der Waals surface area contributed by atoms with Crippen LogP contribution in [0.5, 0.6) is 0 Å². The molecule has 0 saturated heterocycles. The number of hydrogen-bond donors (Lipinski definition) is 2. The van der Waals surface area contributed by atoms with Crippen molar-refractivity contribution < 1.29 is 8.42 Å². The Labute approximate surface area is 96.6 Å². The maximum Gasteiger partial charge on any atom is 0.156 e. The second-order valence-electron chi connectivity index (χ2n) is 4.64. The van der Waals surface area contributed by atoms with Crippen molar-refractivity contribution in [2.45, 2.75) is 32.1 Å². The molecule has 1 aromatic heterocycles. The first-order valence-corrected chi connectivity index (χ1v) is 6.89. The number of hydrogen-bond acceptors (Lipinski definition) is 4. The normalized spacial score (nSPS) is 12.9. The van der Waals surface area contributed by atoms with Gasteiger partial charge in [-0.2, -0.15) is 0 Å². The van der Waals surface area contributed by atoms with Crippen molar-refractivity contribution in [3.63, 3.8) is 0 Å². The van der Waals surface area contributed by atoms with E-state index in [1.165, 1.54) is 0 Å². The molecule has 6 heteroatoms. The summed E-state index contributed by atoms with van der Waals surface area (Å²) in [6.45, 7) is 6.16. The molecule has 2 N–H and O–H groups in total. The number of H-pyrrole nitrogens is 1. The third kappa shape index (κ3) is 3.61. The molecule has 0 radical (unpaired) electrons. The minimum atomic E-state index is -3.03. The molecule has 0 aliphatic heterocycles. The molecule has 1 rings (SSSR count). The van der Waals surface area contributed by atoms with Gasteiger partial charge in [-0.1, -0.05) is 0 Å².